The first-order valence-corrected chi connectivity index (χ1v) is 9.92. The highest BCUT2D eigenvalue weighted by Gasteiger charge is 2.75. The predicted octanol–water partition coefficient (Wildman–Crippen LogP) is 3.36. The van der Waals surface area contributed by atoms with Gasteiger partial charge in [0.15, 0.2) is 0 Å². The lowest BCUT2D eigenvalue weighted by atomic mass is 9.43. The maximum absolute atomic E-state index is 13.0. The number of hydrogen-bond donors (Lipinski definition) is 0. The third kappa shape index (κ3) is 1.65. The van der Waals surface area contributed by atoms with Crippen LogP contribution in [-0.2, 0) is 19.1 Å². The van der Waals surface area contributed by atoms with E-state index in [9.17, 15) is 9.59 Å². The summed E-state index contributed by atoms with van der Waals surface area (Å²) in [6.07, 6.45) is 8.95. The van der Waals surface area contributed by atoms with Crippen molar-refractivity contribution in [2.75, 3.05) is 7.11 Å². The van der Waals surface area contributed by atoms with Crippen LogP contribution in [0.4, 0.5) is 0 Å². The Kier molecular flexibility index (Phi) is 3.11. The number of methoxy groups -OCH3 is 1. The molecule has 3 saturated carbocycles. The topological polar surface area (TPSA) is 52.6 Å². The van der Waals surface area contributed by atoms with Crippen molar-refractivity contribution >= 4 is 11.9 Å². The Labute approximate surface area is 149 Å². The fourth-order valence-corrected chi connectivity index (χ4v) is 7.81. The Hall–Kier alpha value is -1.32. The minimum atomic E-state index is -0.442. The molecule has 0 aromatic rings. The average Bonchev–Trinajstić information content (AvgIpc) is 2.95. The van der Waals surface area contributed by atoms with E-state index in [-0.39, 0.29) is 29.4 Å². The molecule has 4 heteroatoms. The lowest BCUT2D eigenvalue weighted by Gasteiger charge is -2.62. The van der Waals surface area contributed by atoms with Crippen LogP contribution in [0.5, 0.6) is 0 Å². The monoisotopic (exact) mass is 344 g/mol. The van der Waals surface area contributed by atoms with Gasteiger partial charge in [-0.1, -0.05) is 26.0 Å². The number of ether oxygens (including phenoxy) is 2. The Morgan fingerprint density at radius 1 is 1.20 bits per heavy atom. The largest absolute Gasteiger partial charge is 0.469 e. The van der Waals surface area contributed by atoms with E-state index in [1.165, 1.54) is 7.11 Å². The Morgan fingerprint density at radius 2 is 2.00 bits per heavy atom. The summed E-state index contributed by atoms with van der Waals surface area (Å²) in [5.41, 5.74) is -0.802. The summed E-state index contributed by atoms with van der Waals surface area (Å²) < 4.78 is 11.2. The van der Waals surface area contributed by atoms with Crippen molar-refractivity contribution in [3.63, 3.8) is 0 Å². The number of rotatable bonds is 1. The van der Waals surface area contributed by atoms with E-state index in [1.54, 1.807) is 0 Å². The zero-order chi connectivity index (χ0) is 17.6. The second-order valence-corrected chi connectivity index (χ2v) is 9.37. The molecule has 1 unspecified atom stereocenters. The fourth-order valence-electron chi connectivity index (χ4n) is 7.81. The Balaban J connectivity index is 1.70. The molecule has 4 nitrogen and oxygen atoms in total. The molecule has 2 heterocycles. The SMILES string of the molecule is COC(=O)[C@@]12CC=C[C@H](C)[C@H]3C[C@H]4[C@@H]([C@@H]31)[C@]1(CC2)C(=O)O[C@H]4CC1C. The van der Waals surface area contributed by atoms with Gasteiger partial charge in [0.1, 0.15) is 6.10 Å². The molecule has 0 N–H and O–H groups in total. The highest BCUT2D eigenvalue weighted by atomic mass is 16.6. The van der Waals surface area contributed by atoms with Crippen molar-refractivity contribution in [2.45, 2.75) is 52.1 Å². The van der Waals surface area contributed by atoms with Gasteiger partial charge in [0, 0.05) is 5.92 Å². The summed E-state index contributed by atoms with van der Waals surface area (Å²) in [5.74, 6) is 2.21. The zero-order valence-electron chi connectivity index (χ0n) is 15.4. The molecule has 25 heavy (non-hydrogen) atoms. The Bertz CT molecular complexity index is 669. The second kappa shape index (κ2) is 4.89. The quantitative estimate of drug-likeness (QED) is 0.541. The molecule has 5 fully saturated rings. The molecule has 0 aromatic carbocycles. The third-order valence-corrected chi connectivity index (χ3v) is 8.84. The van der Waals surface area contributed by atoms with Crippen LogP contribution in [0.25, 0.3) is 0 Å². The fraction of sp³-hybridized carbons (Fsp3) is 0.810. The van der Waals surface area contributed by atoms with Crippen molar-refractivity contribution < 1.29 is 19.1 Å². The average molecular weight is 344 g/mol. The van der Waals surface area contributed by atoms with Crippen LogP contribution < -0.4 is 0 Å². The first kappa shape index (κ1) is 15.9. The molecule has 2 aliphatic heterocycles. The van der Waals surface area contributed by atoms with Gasteiger partial charge in [0.05, 0.1) is 17.9 Å². The number of allylic oxidation sites excluding steroid dienone is 2. The van der Waals surface area contributed by atoms with Crippen LogP contribution in [0.2, 0.25) is 0 Å². The number of carbonyl (C=O) groups is 2. The number of fused-ring (bicyclic) bond motifs is 2. The summed E-state index contributed by atoms with van der Waals surface area (Å²) >= 11 is 0. The van der Waals surface area contributed by atoms with Gasteiger partial charge < -0.3 is 9.47 Å². The molecular weight excluding hydrogens is 316 g/mol. The van der Waals surface area contributed by atoms with Crippen molar-refractivity contribution in [3.05, 3.63) is 12.2 Å². The molecule has 2 saturated heterocycles. The Morgan fingerprint density at radius 3 is 2.72 bits per heavy atom. The summed E-state index contributed by atoms with van der Waals surface area (Å²) in [7, 11) is 1.52. The van der Waals surface area contributed by atoms with E-state index < -0.39 is 5.41 Å². The van der Waals surface area contributed by atoms with Crippen LogP contribution in [0.3, 0.4) is 0 Å². The minimum Gasteiger partial charge on any atom is -0.469 e. The molecule has 9 atom stereocenters. The first-order chi connectivity index (χ1) is 12.0. The summed E-state index contributed by atoms with van der Waals surface area (Å²) in [5, 5.41) is 0. The molecule has 0 radical (unpaired) electrons. The van der Waals surface area contributed by atoms with Gasteiger partial charge in [-0.2, -0.15) is 0 Å². The highest BCUT2D eigenvalue weighted by Crippen LogP contribution is 2.73. The zero-order valence-corrected chi connectivity index (χ0v) is 15.4. The normalized spacial score (nSPS) is 55.3. The summed E-state index contributed by atoms with van der Waals surface area (Å²) in [4.78, 5) is 26.0. The van der Waals surface area contributed by atoms with Crippen LogP contribution in [0.1, 0.15) is 46.0 Å². The van der Waals surface area contributed by atoms with Crippen molar-refractivity contribution in [3.8, 4) is 0 Å². The number of esters is 2. The van der Waals surface area contributed by atoms with E-state index in [1.807, 2.05) is 0 Å². The highest BCUT2D eigenvalue weighted by molar-refractivity contribution is 5.83. The molecule has 0 aromatic heterocycles. The van der Waals surface area contributed by atoms with Gasteiger partial charge in [-0.15, -0.1) is 0 Å². The molecule has 2 bridgehead atoms. The van der Waals surface area contributed by atoms with E-state index >= 15 is 0 Å². The van der Waals surface area contributed by atoms with E-state index in [0.29, 0.717) is 29.6 Å². The van der Waals surface area contributed by atoms with Gasteiger partial charge in [-0.3, -0.25) is 9.59 Å². The number of hydrogen-bond acceptors (Lipinski definition) is 4. The van der Waals surface area contributed by atoms with Crippen molar-refractivity contribution in [1.82, 2.24) is 0 Å². The van der Waals surface area contributed by atoms with E-state index in [0.717, 1.165) is 32.1 Å². The van der Waals surface area contributed by atoms with Crippen LogP contribution >= 0.6 is 0 Å². The molecule has 6 rings (SSSR count). The summed E-state index contributed by atoms with van der Waals surface area (Å²) in [6, 6.07) is 0. The second-order valence-electron chi connectivity index (χ2n) is 9.37. The standard InChI is InChI=1S/C21H28O4/c1-11-5-4-6-20(18(22)24-3)7-8-21-12(2)9-15(25-19(21)23)14-10-13(11)16(20)17(14)21/h4-5,11-17H,6-10H2,1-3H3/t11-,12?,13+,14+,15-,16+,17-,20+,21+/m0/s1. The van der Waals surface area contributed by atoms with Crippen LogP contribution in [0.15, 0.2) is 12.2 Å². The molecule has 0 amide bonds. The summed E-state index contributed by atoms with van der Waals surface area (Å²) in [6.45, 7) is 4.52. The van der Waals surface area contributed by atoms with E-state index in [2.05, 4.69) is 26.0 Å². The molecule has 1 spiro atoms. The molecule has 4 aliphatic carbocycles. The first-order valence-electron chi connectivity index (χ1n) is 9.92. The van der Waals surface area contributed by atoms with Gasteiger partial charge in [0.2, 0.25) is 0 Å². The van der Waals surface area contributed by atoms with Gasteiger partial charge >= 0.3 is 11.9 Å². The third-order valence-electron chi connectivity index (χ3n) is 8.84. The molecular formula is C21H28O4. The number of carbonyl (C=O) groups excluding carboxylic acids is 2. The van der Waals surface area contributed by atoms with Gasteiger partial charge in [-0.25, -0.2) is 0 Å². The van der Waals surface area contributed by atoms with Crippen LogP contribution in [0, 0.1) is 46.3 Å². The minimum absolute atomic E-state index is 0.0291. The van der Waals surface area contributed by atoms with E-state index in [4.69, 9.17) is 9.47 Å². The maximum atomic E-state index is 13.0. The predicted molar refractivity (Wildman–Crippen MR) is 91.3 cm³/mol. The lowest BCUT2D eigenvalue weighted by molar-refractivity contribution is -0.236. The van der Waals surface area contributed by atoms with Crippen molar-refractivity contribution in [2.24, 2.45) is 46.3 Å². The van der Waals surface area contributed by atoms with Crippen molar-refractivity contribution in [1.29, 1.82) is 0 Å². The molecule has 6 aliphatic rings. The van der Waals surface area contributed by atoms with Crippen LogP contribution in [-0.4, -0.2) is 25.2 Å². The lowest BCUT2D eigenvalue weighted by Crippen LogP contribution is -2.66. The van der Waals surface area contributed by atoms with Gasteiger partial charge in [0.25, 0.3) is 0 Å². The van der Waals surface area contributed by atoms with Gasteiger partial charge in [-0.05, 0) is 61.7 Å². The maximum Gasteiger partial charge on any atom is 0.312 e. The smallest absolute Gasteiger partial charge is 0.312 e. The molecule has 136 valence electrons.